The predicted molar refractivity (Wildman–Crippen MR) is 72.7 cm³/mol. The maximum Gasteiger partial charge on any atom is 0.176 e. The van der Waals surface area contributed by atoms with Crippen LogP contribution in [-0.2, 0) is 0 Å². The molecule has 0 aliphatic heterocycles. The van der Waals surface area contributed by atoms with Crippen molar-refractivity contribution >= 4 is 45.2 Å². The highest BCUT2D eigenvalue weighted by Crippen LogP contribution is 2.25. The van der Waals surface area contributed by atoms with Gasteiger partial charge in [-0.2, -0.15) is 0 Å². The molecule has 82 valence electrons. The molecule has 1 aromatic rings. The van der Waals surface area contributed by atoms with E-state index in [1.54, 1.807) is 23.5 Å². The van der Waals surface area contributed by atoms with E-state index in [1.165, 1.54) is 0 Å². The molecule has 15 heavy (non-hydrogen) atoms. The molecule has 1 rings (SSSR count). The molecule has 0 amide bonds. The molecule has 0 heterocycles. The molecule has 1 aromatic carbocycles. The molecular formula is C11H13BrOS2. The summed E-state index contributed by atoms with van der Waals surface area (Å²) in [4.78, 5) is 14.0. The van der Waals surface area contributed by atoms with Crippen molar-refractivity contribution in [3.05, 3.63) is 23.8 Å². The molecule has 0 fully saturated rings. The van der Waals surface area contributed by atoms with Gasteiger partial charge in [0.15, 0.2) is 5.78 Å². The molecule has 0 N–H and O–H groups in total. The van der Waals surface area contributed by atoms with Crippen molar-refractivity contribution in [3.8, 4) is 0 Å². The highest BCUT2D eigenvalue weighted by molar-refractivity contribution is 9.10. The number of carbonyl (C=O) groups excluding carboxylic acids is 1. The Morgan fingerprint density at radius 1 is 1.20 bits per heavy atom. The highest BCUT2D eigenvalue weighted by Gasteiger charge is 2.13. The lowest BCUT2D eigenvalue weighted by atomic mass is 10.1. The summed E-state index contributed by atoms with van der Waals surface area (Å²) in [6, 6.07) is 6.00. The van der Waals surface area contributed by atoms with Crippen LogP contribution >= 0.6 is 39.5 Å². The quantitative estimate of drug-likeness (QED) is 0.474. The first-order valence-corrected chi connectivity index (χ1v) is 7.86. The van der Waals surface area contributed by atoms with Gasteiger partial charge in [-0.3, -0.25) is 4.79 Å². The van der Waals surface area contributed by atoms with E-state index in [9.17, 15) is 4.79 Å². The van der Waals surface area contributed by atoms with Gasteiger partial charge < -0.3 is 0 Å². The largest absolute Gasteiger partial charge is 0.293 e. The summed E-state index contributed by atoms with van der Waals surface area (Å²) < 4.78 is 0. The Bertz CT molecular complexity index is 341. The number of Topliss-reactive ketones (excluding diaryl/α,β-unsaturated/α-hetero) is 1. The zero-order valence-corrected chi connectivity index (χ0v) is 12.1. The third-order valence-electron chi connectivity index (χ3n) is 2.00. The topological polar surface area (TPSA) is 17.1 Å². The van der Waals surface area contributed by atoms with Crippen LogP contribution in [-0.4, -0.2) is 23.1 Å². The van der Waals surface area contributed by atoms with Crippen LogP contribution in [0.2, 0.25) is 0 Å². The van der Waals surface area contributed by atoms with Crippen molar-refractivity contribution in [2.24, 2.45) is 0 Å². The zero-order chi connectivity index (χ0) is 11.4. The third-order valence-corrected chi connectivity index (χ3v) is 3.83. The van der Waals surface area contributed by atoms with E-state index in [2.05, 4.69) is 22.0 Å². The minimum absolute atomic E-state index is 0.121. The number of ketones is 1. The van der Waals surface area contributed by atoms with E-state index < -0.39 is 0 Å². The monoisotopic (exact) mass is 304 g/mol. The zero-order valence-electron chi connectivity index (χ0n) is 8.91. The second kappa shape index (κ2) is 5.97. The predicted octanol–water partition coefficient (Wildman–Crippen LogP) is 4.10. The molecule has 1 atom stereocenters. The van der Waals surface area contributed by atoms with E-state index in [-0.39, 0.29) is 10.6 Å². The first kappa shape index (κ1) is 13.1. The molecule has 0 saturated heterocycles. The molecule has 0 aliphatic rings. The van der Waals surface area contributed by atoms with Gasteiger partial charge >= 0.3 is 0 Å². The summed E-state index contributed by atoms with van der Waals surface area (Å²) in [5.74, 6) is 0.140. The van der Waals surface area contributed by atoms with Gasteiger partial charge in [-0.1, -0.05) is 15.9 Å². The summed E-state index contributed by atoms with van der Waals surface area (Å²) in [5.41, 5.74) is 0.788. The Morgan fingerprint density at radius 3 is 2.00 bits per heavy atom. The van der Waals surface area contributed by atoms with E-state index in [0.717, 1.165) is 15.4 Å². The lowest BCUT2D eigenvalue weighted by molar-refractivity contribution is 0.0995. The number of hydrogen-bond acceptors (Lipinski definition) is 3. The number of hydrogen-bond donors (Lipinski definition) is 0. The van der Waals surface area contributed by atoms with Gasteiger partial charge in [0.2, 0.25) is 0 Å². The van der Waals surface area contributed by atoms with Crippen LogP contribution in [0.5, 0.6) is 0 Å². The Morgan fingerprint density at radius 2 is 1.67 bits per heavy atom. The minimum Gasteiger partial charge on any atom is -0.293 e. The standard InChI is InChI=1S/C11H13BrOS2/c1-7(12)11(13)8-4-9(14-2)6-10(5-8)15-3/h4-7H,1-3H3. The van der Waals surface area contributed by atoms with Crippen molar-refractivity contribution in [2.75, 3.05) is 12.5 Å². The number of alkyl halides is 1. The van der Waals surface area contributed by atoms with Gasteiger partial charge in [-0.15, -0.1) is 23.5 Å². The van der Waals surface area contributed by atoms with Crippen LogP contribution in [0.25, 0.3) is 0 Å². The molecule has 0 aromatic heterocycles. The molecule has 4 heteroatoms. The second-order valence-corrected chi connectivity index (χ2v) is 6.21. The minimum atomic E-state index is -0.121. The maximum atomic E-state index is 11.8. The fraction of sp³-hybridized carbons (Fsp3) is 0.364. The van der Waals surface area contributed by atoms with Crippen LogP contribution in [0.15, 0.2) is 28.0 Å². The van der Waals surface area contributed by atoms with Gasteiger partial charge in [0, 0.05) is 15.4 Å². The fourth-order valence-corrected chi connectivity index (χ4v) is 2.50. The first-order valence-electron chi connectivity index (χ1n) is 4.50. The van der Waals surface area contributed by atoms with Gasteiger partial charge in [0.1, 0.15) is 0 Å². The molecule has 0 aliphatic carbocycles. The maximum absolute atomic E-state index is 11.8. The molecular weight excluding hydrogens is 292 g/mol. The lowest BCUT2D eigenvalue weighted by Crippen LogP contribution is -2.10. The van der Waals surface area contributed by atoms with E-state index >= 15 is 0 Å². The molecule has 1 nitrogen and oxygen atoms in total. The van der Waals surface area contributed by atoms with Crippen molar-refractivity contribution in [3.63, 3.8) is 0 Å². The van der Waals surface area contributed by atoms with E-state index in [4.69, 9.17) is 0 Å². The number of benzene rings is 1. The number of thioether (sulfide) groups is 2. The molecule has 0 radical (unpaired) electrons. The average Bonchev–Trinajstić information content (AvgIpc) is 2.27. The Balaban J connectivity index is 3.12. The Labute approximate surface area is 108 Å². The lowest BCUT2D eigenvalue weighted by Gasteiger charge is -2.07. The van der Waals surface area contributed by atoms with Gasteiger partial charge in [0.25, 0.3) is 0 Å². The Hall–Kier alpha value is 0.0700. The summed E-state index contributed by atoms with van der Waals surface area (Å²) in [6.07, 6.45) is 4.04. The summed E-state index contributed by atoms with van der Waals surface area (Å²) in [7, 11) is 0. The average molecular weight is 305 g/mol. The van der Waals surface area contributed by atoms with Crippen LogP contribution in [0.1, 0.15) is 17.3 Å². The van der Waals surface area contributed by atoms with Crippen LogP contribution in [0, 0.1) is 0 Å². The molecule has 0 bridgehead atoms. The highest BCUT2D eigenvalue weighted by atomic mass is 79.9. The van der Waals surface area contributed by atoms with Crippen molar-refractivity contribution in [1.29, 1.82) is 0 Å². The van der Waals surface area contributed by atoms with Crippen molar-refractivity contribution in [1.82, 2.24) is 0 Å². The van der Waals surface area contributed by atoms with E-state index in [1.807, 2.05) is 31.6 Å². The summed E-state index contributed by atoms with van der Waals surface area (Å²) in [5, 5.41) is 0. The SMILES string of the molecule is CSc1cc(SC)cc(C(=O)C(C)Br)c1. The van der Waals surface area contributed by atoms with Crippen molar-refractivity contribution in [2.45, 2.75) is 21.5 Å². The van der Waals surface area contributed by atoms with Crippen LogP contribution in [0.4, 0.5) is 0 Å². The number of carbonyl (C=O) groups is 1. The normalized spacial score (nSPS) is 12.5. The summed E-state index contributed by atoms with van der Waals surface area (Å²) in [6.45, 7) is 1.85. The van der Waals surface area contributed by atoms with Gasteiger partial charge in [-0.05, 0) is 37.6 Å². The first-order chi connectivity index (χ1) is 7.08. The van der Waals surface area contributed by atoms with Crippen molar-refractivity contribution < 1.29 is 4.79 Å². The fourth-order valence-electron chi connectivity index (χ4n) is 1.18. The second-order valence-electron chi connectivity index (χ2n) is 3.08. The molecule has 0 spiro atoms. The van der Waals surface area contributed by atoms with Gasteiger partial charge in [0.05, 0.1) is 4.83 Å². The third kappa shape index (κ3) is 3.54. The number of rotatable bonds is 4. The van der Waals surface area contributed by atoms with Crippen LogP contribution < -0.4 is 0 Å². The smallest absolute Gasteiger partial charge is 0.176 e. The van der Waals surface area contributed by atoms with E-state index in [0.29, 0.717) is 0 Å². The number of halogens is 1. The van der Waals surface area contributed by atoms with Crippen LogP contribution in [0.3, 0.4) is 0 Å². The molecule has 0 saturated carbocycles. The van der Waals surface area contributed by atoms with Gasteiger partial charge in [-0.25, -0.2) is 0 Å². The Kier molecular flexibility index (Phi) is 5.23. The molecule has 1 unspecified atom stereocenters. The summed E-state index contributed by atoms with van der Waals surface area (Å²) >= 11 is 6.63.